The van der Waals surface area contributed by atoms with Crippen molar-refractivity contribution < 1.29 is 4.84 Å². The number of benzene rings is 1. The lowest BCUT2D eigenvalue weighted by atomic mass is 10.1. The van der Waals surface area contributed by atoms with Crippen molar-refractivity contribution >= 4 is 0 Å². The van der Waals surface area contributed by atoms with Crippen LogP contribution in [0.5, 0.6) is 0 Å². The van der Waals surface area contributed by atoms with Gasteiger partial charge in [0.2, 0.25) is 0 Å². The summed E-state index contributed by atoms with van der Waals surface area (Å²) < 4.78 is 0. The maximum atomic E-state index is 5.00. The first-order valence-corrected chi connectivity index (χ1v) is 4.26. The van der Waals surface area contributed by atoms with Crippen molar-refractivity contribution in [1.82, 2.24) is 4.90 Å². The van der Waals surface area contributed by atoms with Gasteiger partial charge in [-0.3, -0.25) is 4.84 Å². The number of nitrogens with zero attached hydrogens (tertiary/aromatic N) is 1. The summed E-state index contributed by atoms with van der Waals surface area (Å²) in [6.45, 7) is 1.42. The number of hydrogen-bond donors (Lipinski definition) is 1. The highest BCUT2D eigenvalue weighted by atomic mass is 16.6. The van der Waals surface area contributed by atoms with E-state index in [9.17, 15) is 0 Å². The molecule has 0 aliphatic carbocycles. The lowest BCUT2D eigenvalue weighted by Crippen LogP contribution is -2.10. The number of rotatable bonds is 4. The van der Waals surface area contributed by atoms with Gasteiger partial charge in [-0.1, -0.05) is 24.3 Å². The molecular weight excluding hydrogens is 164 g/mol. The molecule has 0 spiro atoms. The molecule has 0 aliphatic rings. The monoisotopic (exact) mass is 180 g/mol. The highest BCUT2D eigenvalue weighted by Gasteiger charge is 1.96. The zero-order valence-electron chi connectivity index (χ0n) is 8.16. The maximum absolute atomic E-state index is 5.00. The van der Waals surface area contributed by atoms with Crippen molar-refractivity contribution in [2.75, 3.05) is 14.1 Å². The van der Waals surface area contributed by atoms with E-state index in [1.54, 1.807) is 0 Å². The fourth-order valence-electron chi connectivity index (χ4n) is 1.28. The summed E-state index contributed by atoms with van der Waals surface area (Å²) in [7, 11) is 4.10. The Morgan fingerprint density at radius 2 is 2.00 bits per heavy atom. The molecule has 72 valence electrons. The van der Waals surface area contributed by atoms with Crippen LogP contribution in [0, 0.1) is 0 Å². The Balaban J connectivity index is 2.67. The minimum absolute atomic E-state index is 0.473. The molecule has 1 rings (SSSR count). The van der Waals surface area contributed by atoms with Gasteiger partial charge in [0.25, 0.3) is 0 Å². The SMILES string of the molecule is CN(C)Cc1cccc(CON)c1. The molecule has 0 radical (unpaired) electrons. The molecule has 0 heterocycles. The molecule has 13 heavy (non-hydrogen) atoms. The predicted octanol–water partition coefficient (Wildman–Crippen LogP) is 1.14. The fourth-order valence-corrected chi connectivity index (χ4v) is 1.28. The Morgan fingerprint density at radius 3 is 2.62 bits per heavy atom. The van der Waals surface area contributed by atoms with E-state index in [1.807, 2.05) is 26.2 Å². The molecule has 0 fully saturated rings. The molecule has 1 aromatic rings. The molecule has 0 atom stereocenters. The second-order valence-corrected chi connectivity index (χ2v) is 3.37. The van der Waals surface area contributed by atoms with Gasteiger partial charge in [0.1, 0.15) is 0 Å². The summed E-state index contributed by atoms with van der Waals surface area (Å²) >= 11 is 0. The average Bonchev–Trinajstić information content (AvgIpc) is 2.04. The zero-order valence-corrected chi connectivity index (χ0v) is 8.16. The minimum atomic E-state index is 0.473. The molecule has 0 aliphatic heterocycles. The standard InChI is InChI=1S/C10H16N2O/c1-12(2)7-9-4-3-5-10(6-9)8-13-11/h3-6H,7-8,11H2,1-2H3. The van der Waals surface area contributed by atoms with Crippen LogP contribution >= 0.6 is 0 Å². The molecule has 3 nitrogen and oxygen atoms in total. The van der Waals surface area contributed by atoms with Crippen molar-refractivity contribution in [3.8, 4) is 0 Å². The second-order valence-electron chi connectivity index (χ2n) is 3.37. The van der Waals surface area contributed by atoms with Crippen molar-refractivity contribution in [3.63, 3.8) is 0 Å². The van der Waals surface area contributed by atoms with Gasteiger partial charge in [-0.25, -0.2) is 5.90 Å². The Hall–Kier alpha value is -0.900. The largest absolute Gasteiger partial charge is 0.305 e. The van der Waals surface area contributed by atoms with Crippen LogP contribution in [0.3, 0.4) is 0 Å². The molecule has 0 amide bonds. The van der Waals surface area contributed by atoms with Crippen molar-refractivity contribution in [2.24, 2.45) is 5.90 Å². The number of nitrogens with two attached hydrogens (primary N) is 1. The summed E-state index contributed by atoms with van der Waals surface area (Å²) in [5.41, 5.74) is 2.39. The molecule has 0 saturated heterocycles. The second kappa shape index (κ2) is 4.97. The highest BCUT2D eigenvalue weighted by Crippen LogP contribution is 2.07. The third-order valence-electron chi connectivity index (χ3n) is 1.74. The topological polar surface area (TPSA) is 38.5 Å². The maximum Gasteiger partial charge on any atom is 0.0930 e. The van der Waals surface area contributed by atoms with Crippen LogP contribution in [0.25, 0.3) is 0 Å². The fraction of sp³-hybridized carbons (Fsp3) is 0.400. The van der Waals surface area contributed by atoms with Gasteiger partial charge >= 0.3 is 0 Å². The van der Waals surface area contributed by atoms with E-state index in [0.29, 0.717) is 6.61 Å². The van der Waals surface area contributed by atoms with E-state index in [4.69, 9.17) is 5.90 Å². The van der Waals surface area contributed by atoms with E-state index in [0.717, 1.165) is 12.1 Å². The summed E-state index contributed by atoms with van der Waals surface area (Å²) in [5.74, 6) is 5.00. The molecular formula is C10H16N2O. The predicted molar refractivity (Wildman–Crippen MR) is 52.8 cm³/mol. The normalized spacial score (nSPS) is 10.8. The third-order valence-corrected chi connectivity index (χ3v) is 1.74. The Morgan fingerprint density at radius 1 is 1.31 bits per heavy atom. The van der Waals surface area contributed by atoms with Crippen LogP contribution < -0.4 is 5.90 Å². The Bertz CT molecular complexity index is 261. The Labute approximate surface area is 79.1 Å². The first kappa shape index (κ1) is 10.2. The summed E-state index contributed by atoms with van der Waals surface area (Å²) in [5, 5.41) is 0. The molecule has 0 unspecified atom stereocenters. The van der Waals surface area contributed by atoms with Crippen LogP contribution in [0.4, 0.5) is 0 Å². The lowest BCUT2D eigenvalue weighted by Gasteiger charge is -2.10. The molecule has 0 saturated carbocycles. The van der Waals surface area contributed by atoms with E-state index in [-0.39, 0.29) is 0 Å². The van der Waals surface area contributed by atoms with E-state index < -0.39 is 0 Å². The number of hydrogen-bond acceptors (Lipinski definition) is 3. The van der Waals surface area contributed by atoms with Crippen LogP contribution in [0.2, 0.25) is 0 Å². The van der Waals surface area contributed by atoms with Crippen molar-refractivity contribution in [3.05, 3.63) is 35.4 Å². The van der Waals surface area contributed by atoms with Crippen LogP contribution in [0.15, 0.2) is 24.3 Å². The smallest absolute Gasteiger partial charge is 0.0930 e. The van der Waals surface area contributed by atoms with Gasteiger partial charge in [0.15, 0.2) is 0 Å². The summed E-state index contributed by atoms with van der Waals surface area (Å²) in [6, 6.07) is 8.23. The van der Waals surface area contributed by atoms with E-state index in [1.165, 1.54) is 5.56 Å². The van der Waals surface area contributed by atoms with Crippen molar-refractivity contribution in [2.45, 2.75) is 13.2 Å². The van der Waals surface area contributed by atoms with Gasteiger partial charge in [-0.2, -0.15) is 0 Å². The average molecular weight is 180 g/mol. The molecule has 3 heteroatoms. The summed E-state index contributed by atoms with van der Waals surface area (Å²) in [6.07, 6.45) is 0. The Kier molecular flexibility index (Phi) is 3.89. The zero-order chi connectivity index (χ0) is 9.68. The quantitative estimate of drug-likeness (QED) is 0.706. The van der Waals surface area contributed by atoms with Crippen molar-refractivity contribution in [1.29, 1.82) is 0 Å². The lowest BCUT2D eigenvalue weighted by molar-refractivity contribution is 0.124. The van der Waals surface area contributed by atoms with Gasteiger partial charge in [-0.15, -0.1) is 0 Å². The van der Waals surface area contributed by atoms with Crippen LogP contribution in [-0.4, -0.2) is 19.0 Å². The first-order chi connectivity index (χ1) is 6.22. The van der Waals surface area contributed by atoms with Gasteiger partial charge in [0, 0.05) is 6.54 Å². The van der Waals surface area contributed by atoms with Gasteiger partial charge < -0.3 is 4.90 Å². The summed E-state index contributed by atoms with van der Waals surface area (Å²) in [4.78, 5) is 6.70. The third kappa shape index (κ3) is 3.55. The van der Waals surface area contributed by atoms with Crippen LogP contribution in [0.1, 0.15) is 11.1 Å². The van der Waals surface area contributed by atoms with Gasteiger partial charge in [0.05, 0.1) is 6.61 Å². The highest BCUT2D eigenvalue weighted by molar-refractivity contribution is 5.22. The van der Waals surface area contributed by atoms with E-state index >= 15 is 0 Å². The first-order valence-electron chi connectivity index (χ1n) is 4.26. The minimum Gasteiger partial charge on any atom is -0.305 e. The van der Waals surface area contributed by atoms with E-state index in [2.05, 4.69) is 21.9 Å². The molecule has 2 N–H and O–H groups in total. The van der Waals surface area contributed by atoms with Crippen LogP contribution in [-0.2, 0) is 18.0 Å². The molecule has 0 bridgehead atoms. The van der Waals surface area contributed by atoms with Gasteiger partial charge in [-0.05, 0) is 25.2 Å². The molecule has 1 aromatic carbocycles. The molecule has 0 aromatic heterocycles.